The van der Waals surface area contributed by atoms with E-state index in [0.717, 1.165) is 25.0 Å². The number of hydrogen-bond acceptors (Lipinski definition) is 4. The number of carbonyl (C=O) groups is 1. The van der Waals surface area contributed by atoms with E-state index in [-0.39, 0.29) is 11.5 Å². The molecule has 2 rings (SSSR count). The summed E-state index contributed by atoms with van der Waals surface area (Å²) in [4.78, 5) is 11.5. The summed E-state index contributed by atoms with van der Waals surface area (Å²) in [5.41, 5.74) is 0.239. The predicted octanol–water partition coefficient (Wildman–Crippen LogP) is 2.73. The minimum atomic E-state index is -4.63. The van der Waals surface area contributed by atoms with Gasteiger partial charge in [-0.3, -0.25) is 4.79 Å². The standard InChI is InChI=1S/C17H24F2N2O3S/c18-17(19)25(23,24)15-9-7-13(8-10-15)16(22)21-12-11-20-14-5-3-1-2-4-6-14/h7-10,14,17,20H,1-6,11-12H2,(H,21,22). The Morgan fingerprint density at radius 1 is 1.04 bits per heavy atom. The lowest BCUT2D eigenvalue weighted by Crippen LogP contribution is -2.36. The quantitative estimate of drug-likeness (QED) is 0.568. The van der Waals surface area contributed by atoms with Crippen molar-refractivity contribution in [1.29, 1.82) is 0 Å². The number of nitrogens with one attached hydrogen (secondary N) is 2. The Bertz CT molecular complexity index is 655. The van der Waals surface area contributed by atoms with Crippen LogP contribution in [0, 0.1) is 0 Å². The van der Waals surface area contributed by atoms with Crippen molar-refractivity contribution in [1.82, 2.24) is 10.6 Å². The van der Waals surface area contributed by atoms with Crippen molar-refractivity contribution in [3.63, 3.8) is 0 Å². The van der Waals surface area contributed by atoms with Crippen molar-refractivity contribution in [2.24, 2.45) is 0 Å². The van der Waals surface area contributed by atoms with Crippen molar-refractivity contribution in [3.8, 4) is 0 Å². The summed E-state index contributed by atoms with van der Waals surface area (Å²) in [7, 11) is -4.63. The monoisotopic (exact) mass is 374 g/mol. The van der Waals surface area contributed by atoms with Crippen molar-refractivity contribution in [3.05, 3.63) is 29.8 Å². The Morgan fingerprint density at radius 2 is 1.64 bits per heavy atom. The second-order valence-corrected chi connectivity index (χ2v) is 8.15. The third-order valence-corrected chi connectivity index (χ3v) is 5.78. The molecule has 1 amide bonds. The maximum Gasteiger partial charge on any atom is 0.341 e. The van der Waals surface area contributed by atoms with Crippen LogP contribution in [0.3, 0.4) is 0 Å². The van der Waals surface area contributed by atoms with Gasteiger partial charge in [-0.15, -0.1) is 0 Å². The molecule has 0 heterocycles. The normalized spacial score (nSPS) is 16.6. The van der Waals surface area contributed by atoms with Crippen LogP contribution >= 0.6 is 0 Å². The second kappa shape index (κ2) is 9.24. The molecule has 0 unspecified atom stereocenters. The number of halogens is 2. The first-order valence-corrected chi connectivity index (χ1v) is 10.1. The van der Waals surface area contributed by atoms with Crippen molar-refractivity contribution in [2.75, 3.05) is 13.1 Å². The van der Waals surface area contributed by atoms with Gasteiger partial charge in [-0.25, -0.2) is 8.42 Å². The molecule has 1 aliphatic rings. The van der Waals surface area contributed by atoms with Gasteiger partial charge in [0, 0.05) is 24.7 Å². The van der Waals surface area contributed by atoms with Crippen LogP contribution in [0.2, 0.25) is 0 Å². The first kappa shape index (κ1) is 19.8. The number of amides is 1. The molecule has 1 aromatic carbocycles. The Hall–Kier alpha value is -1.54. The van der Waals surface area contributed by atoms with Crippen molar-refractivity contribution in [2.45, 2.75) is 55.2 Å². The summed E-state index contributed by atoms with van der Waals surface area (Å²) in [6.07, 6.45) is 7.36. The Kier molecular flexibility index (Phi) is 7.31. The first-order valence-electron chi connectivity index (χ1n) is 8.55. The summed E-state index contributed by atoms with van der Waals surface area (Å²) < 4.78 is 47.6. The summed E-state index contributed by atoms with van der Waals surface area (Å²) in [6.45, 7) is 1.11. The highest BCUT2D eigenvalue weighted by molar-refractivity contribution is 7.91. The molecule has 5 nitrogen and oxygen atoms in total. The topological polar surface area (TPSA) is 75.3 Å². The van der Waals surface area contributed by atoms with Gasteiger partial charge in [-0.1, -0.05) is 25.7 Å². The van der Waals surface area contributed by atoms with Gasteiger partial charge in [0.2, 0.25) is 9.84 Å². The number of rotatable bonds is 7. The van der Waals surface area contributed by atoms with Gasteiger partial charge in [-0.2, -0.15) is 8.78 Å². The molecular formula is C17H24F2N2O3S. The maximum atomic E-state index is 12.5. The molecule has 0 aliphatic heterocycles. The number of sulfone groups is 1. The fraction of sp³-hybridized carbons (Fsp3) is 0.588. The van der Waals surface area contributed by atoms with Gasteiger partial charge in [0.15, 0.2) is 0 Å². The van der Waals surface area contributed by atoms with Gasteiger partial charge in [0.1, 0.15) is 0 Å². The van der Waals surface area contributed by atoms with E-state index in [4.69, 9.17) is 0 Å². The third kappa shape index (κ3) is 5.74. The highest BCUT2D eigenvalue weighted by atomic mass is 32.2. The highest BCUT2D eigenvalue weighted by Crippen LogP contribution is 2.19. The number of carbonyl (C=O) groups excluding carboxylic acids is 1. The minimum absolute atomic E-state index is 0.239. The lowest BCUT2D eigenvalue weighted by molar-refractivity contribution is 0.0953. The van der Waals surface area contributed by atoms with Crippen LogP contribution in [0.5, 0.6) is 0 Å². The molecule has 0 bridgehead atoms. The van der Waals surface area contributed by atoms with Crippen LogP contribution in [0.25, 0.3) is 0 Å². The van der Waals surface area contributed by atoms with E-state index in [9.17, 15) is 22.0 Å². The van der Waals surface area contributed by atoms with Crippen LogP contribution < -0.4 is 10.6 Å². The third-order valence-electron chi connectivity index (χ3n) is 4.38. The van der Waals surface area contributed by atoms with Crippen LogP contribution in [-0.2, 0) is 9.84 Å². The molecular weight excluding hydrogens is 350 g/mol. The Balaban J connectivity index is 1.79. The molecule has 0 spiro atoms. The van der Waals surface area contributed by atoms with E-state index >= 15 is 0 Å². The van der Waals surface area contributed by atoms with Gasteiger partial charge >= 0.3 is 5.76 Å². The molecule has 2 N–H and O–H groups in total. The molecule has 8 heteroatoms. The van der Waals surface area contributed by atoms with E-state index in [0.29, 0.717) is 19.1 Å². The average molecular weight is 374 g/mol. The number of alkyl halides is 2. The summed E-state index contributed by atoms with van der Waals surface area (Å²) >= 11 is 0. The lowest BCUT2D eigenvalue weighted by Gasteiger charge is -2.16. The molecule has 1 aromatic rings. The average Bonchev–Trinajstić information content (AvgIpc) is 2.87. The van der Waals surface area contributed by atoms with E-state index < -0.39 is 20.5 Å². The minimum Gasteiger partial charge on any atom is -0.351 e. The van der Waals surface area contributed by atoms with E-state index in [1.807, 2.05) is 0 Å². The van der Waals surface area contributed by atoms with Gasteiger partial charge < -0.3 is 10.6 Å². The molecule has 0 saturated heterocycles. The fourth-order valence-corrected chi connectivity index (χ4v) is 3.66. The smallest absolute Gasteiger partial charge is 0.341 e. The molecule has 0 aromatic heterocycles. The molecule has 0 radical (unpaired) electrons. The Labute approximate surface area is 147 Å². The van der Waals surface area contributed by atoms with Crippen molar-refractivity contribution < 1.29 is 22.0 Å². The molecule has 140 valence electrons. The molecule has 1 fully saturated rings. The summed E-state index contributed by atoms with van der Waals surface area (Å²) in [5, 5.41) is 6.17. The zero-order valence-corrected chi connectivity index (χ0v) is 14.8. The van der Waals surface area contributed by atoms with Gasteiger partial charge in [0.25, 0.3) is 5.91 Å². The molecule has 25 heavy (non-hydrogen) atoms. The Morgan fingerprint density at radius 3 is 2.20 bits per heavy atom. The lowest BCUT2D eigenvalue weighted by atomic mass is 10.1. The van der Waals surface area contributed by atoms with Crippen molar-refractivity contribution >= 4 is 15.7 Å². The zero-order valence-electron chi connectivity index (χ0n) is 14.0. The van der Waals surface area contributed by atoms with Crippen LogP contribution in [0.4, 0.5) is 8.78 Å². The van der Waals surface area contributed by atoms with Gasteiger partial charge in [-0.05, 0) is 37.1 Å². The van der Waals surface area contributed by atoms with Crippen LogP contribution in [0.15, 0.2) is 29.2 Å². The number of benzene rings is 1. The molecule has 0 atom stereocenters. The molecule has 1 saturated carbocycles. The second-order valence-electron chi connectivity index (χ2n) is 6.23. The molecule has 1 aliphatic carbocycles. The summed E-state index contributed by atoms with van der Waals surface area (Å²) in [6, 6.07) is 5.03. The largest absolute Gasteiger partial charge is 0.351 e. The highest BCUT2D eigenvalue weighted by Gasteiger charge is 2.26. The first-order chi connectivity index (χ1) is 11.9. The van der Waals surface area contributed by atoms with E-state index in [2.05, 4.69) is 10.6 Å². The SMILES string of the molecule is O=C(NCCNC1CCCCCC1)c1ccc(S(=O)(=O)C(F)F)cc1. The zero-order chi connectivity index (χ0) is 18.3. The van der Waals surface area contributed by atoms with E-state index in [1.165, 1.54) is 37.8 Å². The van der Waals surface area contributed by atoms with Crippen LogP contribution in [-0.4, -0.2) is 39.2 Å². The number of hydrogen-bond donors (Lipinski definition) is 2. The predicted molar refractivity (Wildman–Crippen MR) is 91.5 cm³/mol. The van der Waals surface area contributed by atoms with Crippen LogP contribution in [0.1, 0.15) is 48.9 Å². The van der Waals surface area contributed by atoms with E-state index in [1.54, 1.807) is 0 Å². The fourth-order valence-electron chi connectivity index (χ4n) is 2.94. The van der Waals surface area contributed by atoms with Gasteiger partial charge in [0.05, 0.1) is 4.90 Å². The summed E-state index contributed by atoms with van der Waals surface area (Å²) in [5.74, 6) is -3.83. The maximum absolute atomic E-state index is 12.5.